The smallest absolute Gasteiger partial charge is 0.313 e. The fraction of sp³-hybridized carbons (Fsp3) is 0.600. The number of carbonyl (C=O) groups excluding carboxylic acids is 1. The molecule has 1 amide bonds. The van der Waals surface area contributed by atoms with Gasteiger partial charge in [0.15, 0.2) is 0 Å². The number of carboxylic acids is 1. The Morgan fingerprint density at radius 1 is 1.15 bits per heavy atom. The molecule has 3 fully saturated rings. The van der Waals surface area contributed by atoms with E-state index < -0.39 is 17.2 Å². The summed E-state index contributed by atoms with van der Waals surface area (Å²) in [4.78, 5) is 29.0. The van der Waals surface area contributed by atoms with E-state index in [2.05, 4.69) is 4.90 Å². The Labute approximate surface area is 163 Å². The lowest BCUT2D eigenvalue weighted by molar-refractivity contribution is -0.148. The number of fused-ring (bicyclic) bond motifs is 1. The Morgan fingerprint density at radius 2 is 1.89 bits per heavy atom. The van der Waals surface area contributed by atoms with Gasteiger partial charge in [-0.25, -0.2) is 4.39 Å². The Morgan fingerprint density at radius 3 is 2.52 bits per heavy atom. The van der Waals surface area contributed by atoms with Gasteiger partial charge in [0.1, 0.15) is 11.2 Å². The lowest BCUT2D eigenvalue weighted by atomic mass is 9.81. The minimum atomic E-state index is -0.917. The highest BCUT2D eigenvalue weighted by Gasteiger charge is 2.59. The van der Waals surface area contributed by atoms with Crippen LogP contribution in [-0.4, -0.2) is 59.0 Å². The normalized spacial score (nSPS) is 29.1. The molecule has 5 nitrogen and oxygen atoms in total. The first-order valence-electron chi connectivity index (χ1n) is 9.62. The van der Waals surface area contributed by atoms with Gasteiger partial charge in [-0.1, -0.05) is 30.9 Å². The van der Waals surface area contributed by atoms with Crippen LogP contribution in [0.15, 0.2) is 18.2 Å². The molecule has 1 aromatic carbocycles. The maximum absolute atomic E-state index is 13.3. The fourth-order valence-electron chi connectivity index (χ4n) is 5.12. The Bertz CT molecular complexity index is 768. The van der Waals surface area contributed by atoms with Gasteiger partial charge in [-0.05, 0) is 31.0 Å². The molecule has 0 unspecified atom stereocenters. The van der Waals surface area contributed by atoms with Crippen molar-refractivity contribution in [1.29, 1.82) is 0 Å². The second kappa shape index (κ2) is 7.06. The predicted octanol–water partition coefficient (Wildman–Crippen LogP) is 3.27. The third-order valence-electron chi connectivity index (χ3n) is 6.60. The van der Waals surface area contributed by atoms with Crippen molar-refractivity contribution in [2.75, 3.05) is 26.2 Å². The number of amides is 1. The molecule has 7 heteroatoms. The summed E-state index contributed by atoms with van der Waals surface area (Å²) >= 11 is 6.03. The minimum absolute atomic E-state index is 0.0604. The van der Waals surface area contributed by atoms with Gasteiger partial charge in [0, 0.05) is 38.1 Å². The lowest BCUT2D eigenvalue weighted by Crippen LogP contribution is -2.44. The van der Waals surface area contributed by atoms with E-state index in [4.69, 9.17) is 11.6 Å². The van der Waals surface area contributed by atoms with E-state index >= 15 is 0 Å². The molecule has 1 aromatic rings. The van der Waals surface area contributed by atoms with Gasteiger partial charge in [0.2, 0.25) is 0 Å². The number of rotatable bonds is 3. The molecular formula is C20H24ClFN2O3. The van der Waals surface area contributed by atoms with Gasteiger partial charge in [-0.2, -0.15) is 0 Å². The number of carbonyl (C=O) groups is 2. The highest BCUT2D eigenvalue weighted by molar-refractivity contribution is 6.33. The Balaban J connectivity index is 1.53. The van der Waals surface area contributed by atoms with Gasteiger partial charge in [-0.3, -0.25) is 14.5 Å². The number of nitrogens with zero attached hydrogens (tertiary/aromatic N) is 2. The first kappa shape index (κ1) is 18.7. The van der Waals surface area contributed by atoms with Crippen LogP contribution in [0, 0.1) is 17.2 Å². The van der Waals surface area contributed by atoms with Crippen LogP contribution in [0.3, 0.4) is 0 Å². The predicted molar refractivity (Wildman–Crippen MR) is 99.3 cm³/mol. The quantitative estimate of drug-likeness (QED) is 0.854. The van der Waals surface area contributed by atoms with E-state index in [0.717, 1.165) is 25.5 Å². The summed E-state index contributed by atoms with van der Waals surface area (Å²) in [6.07, 6.45) is 5.95. The zero-order chi connectivity index (χ0) is 19.2. The summed E-state index contributed by atoms with van der Waals surface area (Å²) < 4.78 is 13.3. The molecule has 4 rings (SSSR count). The van der Waals surface area contributed by atoms with E-state index in [1.165, 1.54) is 31.4 Å². The molecular weight excluding hydrogens is 371 g/mol. The van der Waals surface area contributed by atoms with Gasteiger partial charge in [-0.15, -0.1) is 0 Å². The highest BCUT2D eigenvalue weighted by Crippen LogP contribution is 2.45. The van der Waals surface area contributed by atoms with Crippen LogP contribution in [0.2, 0.25) is 5.02 Å². The van der Waals surface area contributed by atoms with Gasteiger partial charge >= 0.3 is 5.97 Å². The average Bonchev–Trinajstić information content (AvgIpc) is 3.18. The number of likely N-dealkylation sites (tertiary alicyclic amines) is 2. The van der Waals surface area contributed by atoms with Crippen LogP contribution < -0.4 is 0 Å². The van der Waals surface area contributed by atoms with E-state index in [1.54, 1.807) is 4.90 Å². The molecule has 0 spiro atoms. The number of hydrogen-bond acceptors (Lipinski definition) is 3. The summed E-state index contributed by atoms with van der Waals surface area (Å²) in [6.45, 7) is 1.81. The van der Waals surface area contributed by atoms with Crippen molar-refractivity contribution in [1.82, 2.24) is 9.80 Å². The molecule has 1 aliphatic carbocycles. The first-order chi connectivity index (χ1) is 12.9. The van der Waals surface area contributed by atoms with Gasteiger partial charge in [0.05, 0.1) is 10.6 Å². The number of hydrogen-bond donors (Lipinski definition) is 1. The number of benzene rings is 1. The van der Waals surface area contributed by atoms with Crippen LogP contribution >= 0.6 is 11.6 Å². The van der Waals surface area contributed by atoms with Gasteiger partial charge in [0.25, 0.3) is 5.91 Å². The van der Waals surface area contributed by atoms with E-state index in [1.807, 2.05) is 0 Å². The molecule has 1 N–H and O–H groups in total. The third-order valence-corrected chi connectivity index (χ3v) is 6.91. The average molecular weight is 395 g/mol. The van der Waals surface area contributed by atoms with Gasteiger partial charge < -0.3 is 10.0 Å². The maximum atomic E-state index is 13.3. The zero-order valence-electron chi connectivity index (χ0n) is 15.2. The molecule has 146 valence electrons. The van der Waals surface area contributed by atoms with E-state index in [0.29, 0.717) is 19.1 Å². The number of aliphatic carboxylic acids is 1. The van der Waals surface area contributed by atoms with Crippen molar-refractivity contribution in [3.8, 4) is 0 Å². The second-order valence-corrected chi connectivity index (χ2v) is 8.60. The van der Waals surface area contributed by atoms with Crippen LogP contribution in [0.25, 0.3) is 0 Å². The van der Waals surface area contributed by atoms with Crippen molar-refractivity contribution < 1.29 is 19.1 Å². The summed E-state index contributed by atoms with van der Waals surface area (Å²) in [6, 6.07) is 4.16. The molecule has 0 radical (unpaired) electrons. The van der Waals surface area contributed by atoms with Crippen molar-refractivity contribution in [2.45, 2.75) is 38.1 Å². The SMILES string of the molecule is O=C(c1ccc(F)cc1Cl)N1C[C@@H]2CN(C3CCCCC3)C[C@]2(C(=O)O)C1. The Hall–Kier alpha value is -1.66. The topological polar surface area (TPSA) is 60.9 Å². The molecule has 2 saturated heterocycles. The second-order valence-electron chi connectivity index (χ2n) is 8.19. The monoisotopic (exact) mass is 394 g/mol. The standard InChI is InChI=1S/C20H24ClFN2O3/c21-17-8-14(22)6-7-16(17)18(25)24-10-13-9-23(15-4-2-1-3-5-15)11-20(13,12-24)19(26)27/h6-8,13,15H,1-5,9-12H2,(H,26,27)/t13-,20-/m0/s1. The number of carboxylic acid groups (broad SMARTS) is 1. The molecule has 2 aliphatic heterocycles. The molecule has 0 bridgehead atoms. The third kappa shape index (κ3) is 3.23. The first-order valence-corrected chi connectivity index (χ1v) is 10.0. The maximum Gasteiger partial charge on any atom is 0.313 e. The van der Waals surface area contributed by atoms with Crippen LogP contribution in [0.1, 0.15) is 42.5 Å². The van der Waals surface area contributed by atoms with Crippen molar-refractivity contribution in [3.05, 3.63) is 34.6 Å². The minimum Gasteiger partial charge on any atom is -0.481 e. The van der Waals surface area contributed by atoms with Crippen molar-refractivity contribution >= 4 is 23.5 Å². The number of halogens is 2. The summed E-state index contributed by atoms with van der Waals surface area (Å²) in [5, 5.41) is 10.1. The fourth-order valence-corrected chi connectivity index (χ4v) is 5.37. The van der Waals surface area contributed by atoms with Crippen LogP contribution in [0.5, 0.6) is 0 Å². The Kier molecular flexibility index (Phi) is 4.89. The summed E-state index contributed by atoms with van der Waals surface area (Å²) in [5.74, 6) is -1.73. The van der Waals surface area contributed by atoms with E-state index in [-0.39, 0.29) is 29.0 Å². The molecule has 27 heavy (non-hydrogen) atoms. The lowest BCUT2D eigenvalue weighted by Gasteiger charge is -2.33. The van der Waals surface area contributed by atoms with Crippen LogP contribution in [0.4, 0.5) is 4.39 Å². The molecule has 0 aromatic heterocycles. The molecule has 3 aliphatic rings. The summed E-state index contributed by atoms with van der Waals surface area (Å²) in [7, 11) is 0. The summed E-state index contributed by atoms with van der Waals surface area (Å²) in [5.41, 5.74) is -0.692. The largest absolute Gasteiger partial charge is 0.481 e. The van der Waals surface area contributed by atoms with Crippen molar-refractivity contribution in [3.63, 3.8) is 0 Å². The molecule has 2 atom stereocenters. The zero-order valence-corrected chi connectivity index (χ0v) is 15.9. The molecule has 1 saturated carbocycles. The highest BCUT2D eigenvalue weighted by atomic mass is 35.5. The van der Waals surface area contributed by atoms with E-state index in [9.17, 15) is 19.1 Å². The van der Waals surface area contributed by atoms with Crippen LogP contribution in [-0.2, 0) is 4.79 Å². The van der Waals surface area contributed by atoms with Crippen molar-refractivity contribution in [2.24, 2.45) is 11.3 Å². The molecule has 2 heterocycles.